The van der Waals surface area contributed by atoms with Crippen molar-refractivity contribution in [2.75, 3.05) is 0 Å². The maximum Gasteiger partial charge on any atom is 0 e. The normalized spacial score (nSPS) is 1.00. The van der Waals surface area contributed by atoms with Gasteiger partial charge in [0, 0.05) is 21.9 Å². The zero-order valence-corrected chi connectivity index (χ0v) is 6.01. The fraction of sp³-hybridized carbons (Fsp3) is 0. The number of rotatable bonds is 0. The van der Waals surface area contributed by atoms with Crippen LogP contribution in [0.1, 0.15) is 0 Å². The van der Waals surface area contributed by atoms with E-state index in [4.69, 9.17) is 3.78 Å². The van der Waals surface area contributed by atoms with E-state index in [-0.39, 0.29) is 21.9 Å². The molecule has 0 saturated heterocycles. The molecule has 0 unspecified atom stereocenters. The zero-order valence-electron chi connectivity index (χ0n) is 1.91. The third-order valence-electron chi connectivity index (χ3n) is 0. The van der Waals surface area contributed by atoms with E-state index in [1.165, 1.54) is 0 Å². The summed E-state index contributed by atoms with van der Waals surface area (Å²) in [7, 11) is 0. The Morgan fingerprint density at radius 3 is 1.00 bits per heavy atom. The molecule has 0 amide bonds. The molecular weight excluding hydrogens is 145 g/mol. The minimum atomic E-state index is 0. The molecule has 0 aliphatic heterocycles. The van der Waals surface area contributed by atoms with Crippen LogP contribution in [-0.2, 0) is 3.78 Å². The smallest absolute Gasteiger partial charge is 0 e. The third-order valence-corrected chi connectivity index (χ3v) is 0. The average Bonchev–Trinajstić information content (AvgIpc) is 1.00. The second-order valence-corrected chi connectivity index (χ2v) is 0. The summed E-state index contributed by atoms with van der Waals surface area (Å²) in [6.07, 6.45) is 0. The molecule has 4 heavy (non-hydrogen) atoms. The Morgan fingerprint density at radius 2 is 1.00 bits per heavy atom. The molecule has 0 aromatic rings. The van der Waals surface area contributed by atoms with Gasteiger partial charge in [0.05, 0.1) is 0 Å². The second-order valence-electron chi connectivity index (χ2n) is 0. The van der Waals surface area contributed by atoms with Gasteiger partial charge in [-0.2, -0.15) is 0 Å². The van der Waals surface area contributed by atoms with Gasteiger partial charge in [-0.05, 0) is 0 Å². The molecule has 1 nitrogen and oxygen atoms in total. The molecule has 0 rings (SSSR count). The molecule has 0 heterocycles. The Hall–Kier alpha value is 0.777. The summed E-state index contributed by atoms with van der Waals surface area (Å²) in [5, 5.41) is 0. The summed E-state index contributed by atoms with van der Waals surface area (Å²) in [5.74, 6) is 0. The Labute approximate surface area is 42.6 Å². The van der Waals surface area contributed by atoms with Gasteiger partial charge in [0.1, 0.15) is 0 Å². The fourth-order valence-electron chi connectivity index (χ4n) is 0. The standard InChI is InChI=1S/GeO.2Si/c1-2;;. The molecule has 0 bridgehead atoms. The van der Waals surface area contributed by atoms with E-state index < -0.39 is 0 Å². The molecule has 0 spiro atoms. The van der Waals surface area contributed by atoms with Gasteiger partial charge in [-0.25, -0.2) is 0 Å². The van der Waals surface area contributed by atoms with Crippen molar-refractivity contribution in [3.8, 4) is 0 Å². The average molecular weight is 145 g/mol. The van der Waals surface area contributed by atoms with Crippen molar-refractivity contribution in [1.29, 1.82) is 0 Å². The summed E-state index contributed by atoms with van der Waals surface area (Å²) in [4.78, 5) is 0. The minimum absolute atomic E-state index is 0. The molecule has 0 atom stereocenters. The topological polar surface area (TPSA) is 17.1 Å². The first-order valence-corrected chi connectivity index (χ1v) is 1.06. The predicted molar refractivity (Wildman–Crippen MR) is 17.9 cm³/mol. The van der Waals surface area contributed by atoms with Gasteiger partial charge < -0.3 is 0 Å². The Kier molecular flexibility index (Phi) is 260. The van der Waals surface area contributed by atoms with Gasteiger partial charge in [-0.15, -0.1) is 0 Å². The summed E-state index contributed by atoms with van der Waals surface area (Å²) < 4.78 is 8.25. The van der Waals surface area contributed by atoms with Gasteiger partial charge in [0.25, 0.3) is 0 Å². The van der Waals surface area contributed by atoms with Gasteiger partial charge in [-0.1, -0.05) is 0 Å². The largest absolute Gasteiger partial charge is 0 e. The van der Waals surface area contributed by atoms with Crippen LogP contribution in [0.25, 0.3) is 0 Å². The molecule has 18 valence electrons. The van der Waals surface area contributed by atoms with E-state index in [2.05, 4.69) is 0 Å². The molecule has 0 fully saturated rings. The first-order chi connectivity index (χ1) is 1.00. The monoisotopic (exact) mass is 146 g/mol. The van der Waals surface area contributed by atoms with Crippen molar-refractivity contribution in [1.82, 2.24) is 0 Å². The van der Waals surface area contributed by atoms with Crippen LogP contribution in [0.15, 0.2) is 0 Å². The number of hydrogen-bond donors (Lipinski definition) is 0. The van der Waals surface area contributed by atoms with Crippen LogP contribution >= 0.6 is 0 Å². The summed E-state index contributed by atoms with van der Waals surface area (Å²) in [5.41, 5.74) is 0. The van der Waals surface area contributed by atoms with E-state index in [9.17, 15) is 0 Å². The van der Waals surface area contributed by atoms with Crippen molar-refractivity contribution < 1.29 is 3.78 Å². The predicted octanol–water partition coefficient (Wildman–Crippen LogP) is -1.26. The molecular formula is GeOSi2. The van der Waals surface area contributed by atoms with E-state index >= 15 is 0 Å². The third kappa shape index (κ3) is 14.5. The van der Waals surface area contributed by atoms with E-state index in [1.807, 2.05) is 0 Å². The van der Waals surface area contributed by atoms with Crippen LogP contribution in [0.3, 0.4) is 0 Å². The van der Waals surface area contributed by atoms with Gasteiger partial charge in [0.15, 0.2) is 0 Å². The van der Waals surface area contributed by atoms with Crippen LogP contribution in [0, 0.1) is 0 Å². The molecule has 0 aromatic heterocycles. The first-order valence-electron chi connectivity index (χ1n) is 0.204. The SMILES string of the molecule is [O]=[Ge].[Si].[Si]. The van der Waals surface area contributed by atoms with Crippen LogP contribution < -0.4 is 0 Å². The van der Waals surface area contributed by atoms with Crippen LogP contribution in [0.5, 0.6) is 0 Å². The molecule has 0 aliphatic carbocycles. The summed E-state index contributed by atoms with van der Waals surface area (Å²) >= 11 is 0.750. The van der Waals surface area contributed by atoms with Crippen molar-refractivity contribution in [2.24, 2.45) is 0 Å². The molecule has 0 aliphatic rings. The quantitative estimate of drug-likeness (QED) is 0.388. The van der Waals surface area contributed by atoms with E-state index in [0.717, 1.165) is 16.5 Å². The Balaban J connectivity index is -0.00000000500. The molecule has 0 aromatic carbocycles. The van der Waals surface area contributed by atoms with Crippen molar-refractivity contribution in [2.45, 2.75) is 0 Å². The van der Waals surface area contributed by atoms with Crippen LogP contribution in [-0.4, -0.2) is 38.4 Å². The van der Waals surface area contributed by atoms with Crippen molar-refractivity contribution in [3.05, 3.63) is 0 Å². The Morgan fingerprint density at radius 1 is 1.00 bits per heavy atom. The first kappa shape index (κ1) is 21.6. The molecule has 0 saturated carbocycles. The van der Waals surface area contributed by atoms with E-state index in [1.54, 1.807) is 0 Å². The maximum atomic E-state index is 8.25. The van der Waals surface area contributed by atoms with Gasteiger partial charge in [-0.3, -0.25) is 0 Å². The maximum absolute atomic E-state index is 8.25. The van der Waals surface area contributed by atoms with Gasteiger partial charge in [0.2, 0.25) is 0 Å². The van der Waals surface area contributed by atoms with Crippen LogP contribution in [0.2, 0.25) is 0 Å². The fourth-order valence-corrected chi connectivity index (χ4v) is 0. The Bertz CT molecular complexity index is 6.00. The summed E-state index contributed by atoms with van der Waals surface area (Å²) in [6, 6.07) is 0. The minimum Gasteiger partial charge on any atom is 0 e. The second kappa shape index (κ2) is 48.3. The zero-order chi connectivity index (χ0) is 2.00. The molecule has 0 N–H and O–H groups in total. The molecule has 4 heteroatoms. The van der Waals surface area contributed by atoms with E-state index in [0.29, 0.717) is 0 Å². The number of hydrogen-bond acceptors (Lipinski definition) is 1. The van der Waals surface area contributed by atoms with Crippen molar-refractivity contribution >= 4 is 38.4 Å². The van der Waals surface area contributed by atoms with Crippen molar-refractivity contribution in [3.63, 3.8) is 0 Å². The van der Waals surface area contributed by atoms with Crippen LogP contribution in [0.4, 0.5) is 0 Å². The van der Waals surface area contributed by atoms with Gasteiger partial charge >= 0.3 is 20.2 Å². The summed E-state index contributed by atoms with van der Waals surface area (Å²) in [6.45, 7) is 0. The molecule has 10 radical (unpaired) electrons.